The summed E-state index contributed by atoms with van der Waals surface area (Å²) in [6.45, 7) is 7.99. The first-order valence-electron chi connectivity index (χ1n) is 7.27. The number of piperidine rings is 1. The second-order valence-electron chi connectivity index (χ2n) is 5.95. The van der Waals surface area contributed by atoms with Crippen molar-refractivity contribution in [1.29, 1.82) is 0 Å². The number of likely N-dealkylation sites (tertiary alicyclic amines) is 1. The summed E-state index contributed by atoms with van der Waals surface area (Å²) in [5.41, 5.74) is 7.62. The molecular weight excluding hydrogens is 300 g/mol. The van der Waals surface area contributed by atoms with Crippen molar-refractivity contribution in [2.24, 2.45) is 11.7 Å². The lowest BCUT2D eigenvalue weighted by atomic mass is 9.87. The van der Waals surface area contributed by atoms with E-state index in [1.165, 1.54) is 18.4 Å². The van der Waals surface area contributed by atoms with Crippen LogP contribution in [0.1, 0.15) is 45.2 Å². The Hall–Kier alpha value is -0.380. The predicted octanol–water partition coefficient (Wildman–Crippen LogP) is 3.96. The monoisotopic (exact) mass is 324 g/mol. The van der Waals surface area contributed by atoms with Gasteiger partial charge in [0.15, 0.2) is 0 Å². The lowest BCUT2D eigenvalue weighted by molar-refractivity contribution is 0.0579. The van der Waals surface area contributed by atoms with Crippen molar-refractivity contribution in [3.63, 3.8) is 0 Å². The quantitative estimate of drug-likeness (QED) is 0.911. The molecule has 0 spiro atoms. The van der Waals surface area contributed by atoms with Crippen molar-refractivity contribution >= 4 is 15.9 Å². The van der Waals surface area contributed by atoms with Crippen LogP contribution in [0.3, 0.4) is 0 Å². The number of hydrogen-bond acceptors (Lipinski definition) is 2. The highest BCUT2D eigenvalue weighted by atomic mass is 79.9. The maximum absolute atomic E-state index is 6.29. The summed E-state index contributed by atoms with van der Waals surface area (Å²) in [6, 6.07) is 9.70. The summed E-state index contributed by atoms with van der Waals surface area (Å²) in [5, 5.41) is 0. The van der Waals surface area contributed by atoms with Crippen LogP contribution in [0.5, 0.6) is 0 Å². The average Bonchev–Trinajstić information content (AvgIpc) is 2.37. The fourth-order valence-electron chi connectivity index (χ4n) is 3.22. The molecule has 1 aliphatic rings. The first kappa shape index (κ1) is 15.0. The molecule has 0 saturated carbocycles. The predicted molar refractivity (Wildman–Crippen MR) is 85.1 cm³/mol. The largest absolute Gasteiger partial charge is 0.326 e. The Morgan fingerprint density at radius 1 is 1.26 bits per heavy atom. The van der Waals surface area contributed by atoms with Gasteiger partial charge in [0.05, 0.1) is 0 Å². The molecule has 19 heavy (non-hydrogen) atoms. The van der Waals surface area contributed by atoms with Gasteiger partial charge in [-0.1, -0.05) is 35.0 Å². The van der Waals surface area contributed by atoms with Gasteiger partial charge < -0.3 is 5.73 Å². The summed E-state index contributed by atoms with van der Waals surface area (Å²) < 4.78 is 1.12. The Kier molecular flexibility index (Phi) is 5.04. The molecule has 0 aliphatic carbocycles. The highest BCUT2D eigenvalue weighted by Crippen LogP contribution is 2.33. The van der Waals surface area contributed by atoms with Crippen molar-refractivity contribution < 1.29 is 0 Å². The molecule has 2 nitrogen and oxygen atoms in total. The molecule has 2 rings (SSSR count). The zero-order valence-electron chi connectivity index (χ0n) is 12.1. The second kappa shape index (κ2) is 6.38. The number of nitrogens with zero attached hydrogens (tertiary/aromatic N) is 1. The molecule has 106 valence electrons. The summed E-state index contributed by atoms with van der Waals surface area (Å²) in [6.07, 6.45) is 2.62. The normalized spacial score (nSPS) is 28.1. The van der Waals surface area contributed by atoms with Crippen LogP contribution in [0, 0.1) is 5.92 Å². The number of nitrogens with two attached hydrogens (primary N) is 1. The van der Waals surface area contributed by atoms with Gasteiger partial charge >= 0.3 is 0 Å². The molecule has 1 saturated heterocycles. The zero-order chi connectivity index (χ0) is 14.0. The molecular formula is C16H25BrN2. The maximum atomic E-state index is 6.29. The Morgan fingerprint density at radius 3 is 2.47 bits per heavy atom. The van der Waals surface area contributed by atoms with Gasteiger partial charge in [-0.3, -0.25) is 4.90 Å². The van der Waals surface area contributed by atoms with Crippen LogP contribution in [0.25, 0.3) is 0 Å². The van der Waals surface area contributed by atoms with Gasteiger partial charge in [-0.25, -0.2) is 0 Å². The Balaban J connectivity index is 2.27. The van der Waals surface area contributed by atoms with E-state index in [1.807, 2.05) is 0 Å². The Morgan fingerprint density at radius 2 is 1.89 bits per heavy atom. The van der Waals surface area contributed by atoms with Gasteiger partial charge in [0, 0.05) is 22.6 Å². The molecule has 1 aromatic rings. The second-order valence-corrected chi connectivity index (χ2v) is 6.87. The van der Waals surface area contributed by atoms with Crippen LogP contribution in [-0.4, -0.2) is 23.5 Å². The summed E-state index contributed by atoms with van der Waals surface area (Å²) in [5.74, 6) is 0.755. The van der Waals surface area contributed by atoms with E-state index in [2.05, 4.69) is 65.9 Å². The van der Waals surface area contributed by atoms with E-state index in [0.29, 0.717) is 12.1 Å². The van der Waals surface area contributed by atoms with Crippen LogP contribution < -0.4 is 5.73 Å². The molecule has 2 N–H and O–H groups in total. The van der Waals surface area contributed by atoms with Gasteiger partial charge in [0.1, 0.15) is 0 Å². The minimum absolute atomic E-state index is 0.147. The van der Waals surface area contributed by atoms with Gasteiger partial charge in [-0.05, 0) is 56.8 Å². The average molecular weight is 325 g/mol. The van der Waals surface area contributed by atoms with Crippen LogP contribution in [0.2, 0.25) is 0 Å². The molecule has 4 atom stereocenters. The van der Waals surface area contributed by atoms with Gasteiger partial charge in [0.2, 0.25) is 0 Å². The highest BCUT2D eigenvalue weighted by molar-refractivity contribution is 9.10. The fourth-order valence-corrected chi connectivity index (χ4v) is 3.48. The number of rotatable bonds is 3. The van der Waals surface area contributed by atoms with Gasteiger partial charge in [-0.2, -0.15) is 0 Å². The Bertz CT molecular complexity index is 402. The summed E-state index contributed by atoms with van der Waals surface area (Å²) >= 11 is 3.50. The van der Waals surface area contributed by atoms with E-state index in [-0.39, 0.29) is 6.04 Å². The number of halogens is 1. The van der Waals surface area contributed by atoms with E-state index < -0.39 is 0 Å². The molecule has 1 aliphatic heterocycles. The minimum atomic E-state index is 0.147. The summed E-state index contributed by atoms with van der Waals surface area (Å²) in [4.78, 5) is 2.60. The SMILES string of the molecule is CC(N)C(c1ccc(Br)cc1)N1CCCC(C)C1C. The third-order valence-corrected chi connectivity index (χ3v) is 5.02. The fraction of sp³-hybridized carbons (Fsp3) is 0.625. The zero-order valence-corrected chi connectivity index (χ0v) is 13.7. The summed E-state index contributed by atoms with van der Waals surface area (Å²) in [7, 11) is 0. The van der Waals surface area contributed by atoms with Crippen molar-refractivity contribution in [2.45, 2.75) is 51.7 Å². The maximum Gasteiger partial charge on any atom is 0.0499 e. The molecule has 0 amide bonds. The highest BCUT2D eigenvalue weighted by Gasteiger charge is 2.32. The van der Waals surface area contributed by atoms with Crippen molar-refractivity contribution in [2.75, 3.05) is 6.54 Å². The van der Waals surface area contributed by atoms with Gasteiger partial charge in [0.25, 0.3) is 0 Å². The van der Waals surface area contributed by atoms with Crippen molar-refractivity contribution in [3.8, 4) is 0 Å². The van der Waals surface area contributed by atoms with Crippen LogP contribution in [0.4, 0.5) is 0 Å². The molecule has 3 heteroatoms. The third kappa shape index (κ3) is 3.39. The van der Waals surface area contributed by atoms with Crippen LogP contribution in [0.15, 0.2) is 28.7 Å². The first-order valence-corrected chi connectivity index (χ1v) is 8.06. The van der Waals surface area contributed by atoms with Gasteiger partial charge in [-0.15, -0.1) is 0 Å². The lowest BCUT2D eigenvalue weighted by Crippen LogP contribution is -2.49. The molecule has 1 heterocycles. The molecule has 0 radical (unpaired) electrons. The van der Waals surface area contributed by atoms with Crippen molar-refractivity contribution in [3.05, 3.63) is 34.3 Å². The van der Waals surface area contributed by atoms with Crippen molar-refractivity contribution in [1.82, 2.24) is 4.90 Å². The molecule has 0 bridgehead atoms. The van der Waals surface area contributed by atoms with Crippen LogP contribution >= 0.6 is 15.9 Å². The van der Waals surface area contributed by atoms with E-state index >= 15 is 0 Å². The molecule has 0 aromatic heterocycles. The van der Waals surface area contributed by atoms with E-state index in [4.69, 9.17) is 5.73 Å². The topological polar surface area (TPSA) is 29.3 Å². The molecule has 1 fully saturated rings. The first-order chi connectivity index (χ1) is 9.00. The number of benzene rings is 1. The lowest BCUT2D eigenvalue weighted by Gasteiger charge is -2.44. The Labute approximate surface area is 125 Å². The molecule has 4 unspecified atom stereocenters. The third-order valence-electron chi connectivity index (χ3n) is 4.49. The van der Waals surface area contributed by atoms with E-state index in [9.17, 15) is 0 Å². The van der Waals surface area contributed by atoms with Crippen LogP contribution in [-0.2, 0) is 0 Å². The smallest absolute Gasteiger partial charge is 0.0499 e. The standard InChI is InChI=1S/C16H25BrN2/c1-11-5-4-10-19(13(11)3)16(12(2)18)14-6-8-15(17)9-7-14/h6-9,11-13,16H,4-5,10,18H2,1-3H3. The van der Waals surface area contributed by atoms with E-state index in [0.717, 1.165) is 16.9 Å². The van der Waals surface area contributed by atoms with E-state index in [1.54, 1.807) is 0 Å². The number of hydrogen-bond donors (Lipinski definition) is 1. The molecule has 1 aromatic carbocycles. The minimum Gasteiger partial charge on any atom is -0.326 e.